The van der Waals surface area contributed by atoms with Gasteiger partial charge in [-0.15, -0.1) is 0 Å². The lowest BCUT2D eigenvalue weighted by Gasteiger charge is -2.29. The normalized spacial score (nSPS) is 10.9. The maximum Gasteiger partial charge on any atom is 0.344 e. The third kappa shape index (κ3) is 3.84. The van der Waals surface area contributed by atoms with E-state index in [1.807, 2.05) is 0 Å². The van der Waals surface area contributed by atoms with E-state index in [1.54, 1.807) is 20.8 Å². The van der Waals surface area contributed by atoms with Gasteiger partial charge in [-0.05, 0) is 20.8 Å². The molecule has 8 nitrogen and oxygen atoms in total. The Bertz CT molecular complexity index is 534. The summed E-state index contributed by atoms with van der Waals surface area (Å²) < 4.78 is 9.94. The summed E-state index contributed by atoms with van der Waals surface area (Å²) in [5.74, 6) is -2.29. The number of nitrogens with one attached hydrogen (secondary N) is 2. The SMILES string of the molecule is CCOC(=O)C(Cc1nc[nH]c1C)(NC(C)=O)C(=O)OCC. The Hall–Kier alpha value is -2.38. The van der Waals surface area contributed by atoms with Gasteiger partial charge < -0.3 is 19.8 Å². The number of carbonyl (C=O) groups excluding carboxylic acids is 3. The van der Waals surface area contributed by atoms with E-state index in [2.05, 4.69) is 15.3 Å². The number of amides is 1. The smallest absolute Gasteiger partial charge is 0.344 e. The molecule has 1 heterocycles. The second kappa shape index (κ2) is 7.58. The molecule has 1 aromatic rings. The number of hydrogen-bond acceptors (Lipinski definition) is 6. The summed E-state index contributed by atoms with van der Waals surface area (Å²) in [6, 6.07) is 0. The molecule has 1 rings (SSSR count). The van der Waals surface area contributed by atoms with E-state index >= 15 is 0 Å². The lowest BCUT2D eigenvalue weighted by Crippen LogP contribution is -2.62. The van der Waals surface area contributed by atoms with Gasteiger partial charge >= 0.3 is 11.9 Å². The minimum absolute atomic E-state index is 0.0686. The van der Waals surface area contributed by atoms with Crippen molar-refractivity contribution >= 4 is 17.8 Å². The molecule has 1 amide bonds. The van der Waals surface area contributed by atoms with E-state index in [9.17, 15) is 14.4 Å². The van der Waals surface area contributed by atoms with Gasteiger partial charge in [-0.2, -0.15) is 0 Å². The Morgan fingerprint density at radius 2 is 1.77 bits per heavy atom. The van der Waals surface area contributed by atoms with Gasteiger partial charge in [-0.1, -0.05) is 0 Å². The maximum absolute atomic E-state index is 12.4. The van der Waals surface area contributed by atoms with Gasteiger partial charge in [0, 0.05) is 19.0 Å². The highest BCUT2D eigenvalue weighted by Gasteiger charge is 2.50. The highest BCUT2D eigenvalue weighted by molar-refractivity contribution is 6.08. The first-order valence-corrected chi connectivity index (χ1v) is 6.99. The lowest BCUT2D eigenvalue weighted by atomic mass is 9.92. The minimum atomic E-state index is -1.95. The van der Waals surface area contributed by atoms with Crippen LogP contribution in [0.1, 0.15) is 32.2 Å². The molecular formula is C14H21N3O5. The second-order valence-corrected chi connectivity index (χ2v) is 4.68. The monoisotopic (exact) mass is 311 g/mol. The number of hydrogen-bond donors (Lipinski definition) is 2. The Labute approximate surface area is 128 Å². The first kappa shape index (κ1) is 17.7. The van der Waals surface area contributed by atoms with Crippen molar-refractivity contribution in [2.75, 3.05) is 13.2 Å². The van der Waals surface area contributed by atoms with E-state index in [4.69, 9.17) is 9.47 Å². The van der Waals surface area contributed by atoms with Gasteiger partial charge in [-0.3, -0.25) is 4.79 Å². The van der Waals surface area contributed by atoms with Crippen molar-refractivity contribution < 1.29 is 23.9 Å². The second-order valence-electron chi connectivity index (χ2n) is 4.68. The molecule has 0 radical (unpaired) electrons. The number of ether oxygens (including phenoxy) is 2. The molecule has 0 aliphatic rings. The summed E-state index contributed by atoms with van der Waals surface area (Å²) in [7, 11) is 0. The van der Waals surface area contributed by atoms with E-state index in [-0.39, 0.29) is 19.6 Å². The molecule has 0 atom stereocenters. The summed E-state index contributed by atoms with van der Waals surface area (Å²) in [4.78, 5) is 43.2. The Kier molecular flexibility index (Phi) is 6.09. The van der Waals surface area contributed by atoms with Crippen molar-refractivity contribution in [3.63, 3.8) is 0 Å². The Balaban J connectivity index is 3.29. The average Bonchev–Trinajstić information content (AvgIpc) is 2.83. The number of rotatable bonds is 7. The van der Waals surface area contributed by atoms with Crippen LogP contribution in [0.25, 0.3) is 0 Å². The molecule has 0 aliphatic carbocycles. The van der Waals surface area contributed by atoms with Crippen LogP contribution in [0.3, 0.4) is 0 Å². The Morgan fingerprint density at radius 1 is 1.23 bits per heavy atom. The molecule has 22 heavy (non-hydrogen) atoms. The number of aromatic nitrogens is 2. The standard InChI is InChI=1S/C14H21N3O5/c1-5-21-12(19)14(17-10(4)18,13(20)22-6-2)7-11-9(3)15-8-16-11/h8H,5-7H2,1-4H3,(H,15,16)(H,17,18). The quantitative estimate of drug-likeness (QED) is 0.552. The van der Waals surface area contributed by atoms with E-state index in [1.165, 1.54) is 13.3 Å². The van der Waals surface area contributed by atoms with Gasteiger partial charge in [0.15, 0.2) is 0 Å². The van der Waals surface area contributed by atoms with Crippen LogP contribution in [0.5, 0.6) is 0 Å². The van der Waals surface area contributed by atoms with Crippen LogP contribution < -0.4 is 5.32 Å². The number of nitrogens with zero attached hydrogens (tertiary/aromatic N) is 1. The highest BCUT2D eigenvalue weighted by Crippen LogP contribution is 2.19. The van der Waals surface area contributed by atoms with Crippen LogP contribution in [0.2, 0.25) is 0 Å². The van der Waals surface area contributed by atoms with Crippen molar-refractivity contribution in [2.24, 2.45) is 0 Å². The zero-order valence-corrected chi connectivity index (χ0v) is 13.2. The van der Waals surface area contributed by atoms with Crippen molar-refractivity contribution in [2.45, 2.75) is 39.7 Å². The van der Waals surface area contributed by atoms with Gasteiger partial charge in [0.1, 0.15) is 0 Å². The zero-order chi connectivity index (χ0) is 16.8. The fraction of sp³-hybridized carbons (Fsp3) is 0.571. The van der Waals surface area contributed by atoms with Crippen molar-refractivity contribution in [1.82, 2.24) is 15.3 Å². The molecule has 0 bridgehead atoms. The lowest BCUT2D eigenvalue weighted by molar-refractivity contribution is -0.168. The molecular weight excluding hydrogens is 290 g/mol. The van der Waals surface area contributed by atoms with Crippen molar-refractivity contribution in [3.8, 4) is 0 Å². The van der Waals surface area contributed by atoms with Gasteiger partial charge in [0.25, 0.3) is 0 Å². The van der Waals surface area contributed by atoms with Crippen LogP contribution in [0, 0.1) is 6.92 Å². The molecule has 0 aromatic carbocycles. The molecule has 0 saturated heterocycles. The molecule has 122 valence electrons. The van der Waals surface area contributed by atoms with Crippen LogP contribution in [0.4, 0.5) is 0 Å². The number of H-pyrrole nitrogens is 1. The third-order valence-corrected chi connectivity index (χ3v) is 3.00. The van der Waals surface area contributed by atoms with E-state index in [0.29, 0.717) is 11.4 Å². The molecule has 8 heteroatoms. The molecule has 0 saturated carbocycles. The number of esters is 2. The number of imidazole rings is 1. The minimum Gasteiger partial charge on any atom is -0.464 e. The van der Waals surface area contributed by atoms with Crippen LogP contribution in [-0.2, 0) is 30.3 Å². The van der Waals surface area contributed by atoms with Gasteiger partial charge in [-0.25, -0.2) is 14.6 Å². The molecule has 0 fully saturated rings. The summed E-state index contributed by atoms with van der Waals surface area (Å²) >= 11 is 0. The fourth-order valence-corrected chi connectivity index (χ4v) is 2.00. The summed E-state index contributed by atoms with van der Waals surface area (Å²) in [6.45, 7) is 6.32. The van der Waals surface area contributed by atoms with Crippen LogP contribution in [0.15, 0.2) is 6.33 Å². The maximum atomic E-state index is 12.4. The van der Waals surface area contributed by atoms with Crippen LogP contribution >= 0.6 is 0 Å². The molecule has 0 unspecified atom stereocenters. The fourth-order valence-electron chi connectivity index (χ4n) is 2.00. The van der Waals surface area contributed by atoms with E-state index in [0.717, 1.165) is 0 Å². The first-order valence-electron chi connectivity index (χ1n) is 6.99. The number of carbonyl (C=O) groups is 3. The summed E-state index contributed by atoms with van der Waals surface area (Å²) in [5.41, 5.74) is -0.796. The largest absolute Gasteiger partial charge is 0.464 e. The van der Waals surface area contributed by atoms with Gasteiger partial charge in [0.05, 0.1) is 25.2 Å². The number of aryl methyl sites for hydroxylation is 1. The van der Waals surface area contributed by atoms with E-state index < -0.39 is 23.4 Å². The van der Waals surface area contributed by atoms with Crippen molar-refractivity contribution in [3.05, 3.63) is 17.7 Å². The number of aromatic amines is 1. The Morgan fingerprint density at radius 3 is 2.14 bits per heavy atom. The average molecular weight is 311 g/mol. The molecule has 0 aliphatic heterocycles. The molecule has 0 spiro atoms. The topological polar surface area (TPSA) is 110 Å². The zero-order valence-electron chi connectivity index (χ0n) is 13.2. The first-order chi connectivity index (χ1) is 10.4. The molecule has 1 aromatic heterocycles. The summed E-state index contributed by atoms with van der Waals surface area (Å²) in [5, 5.41) is 2.39. The summed E-state index contributed by atoms with van der Waals surface area (Å²) in [6.07, 6.45) is 1.29. The van der Waals surface area contributed by atoms with Crippen molar-refractivity contribution in [1.29, 1.82) is 0 Å². The predicted octanol–water partition coefficient (Wildman–Crippen LogP) is 0.262. The van der Waals surface area contributed by atoms with Crippen LogP contribution in [-0.4, -0.2) is 46.6 Å². The predicted molar refractivity (Wildman–Crippen MR) is 76.8 cm³/mol. The molecule has 2 N–H and O–H groups in total. The highest BCUT2D eigenvalue weighted by atomic mass is 16.6. The van der Waals surface area contributed by atoms with Gasteiger partial charge in [0.2, 0.25) is 11.4 Å². The third-order valence-electron chi connectivity index (χ3n) is 3.00.